The fourth-order valence-electron chi connectivity index (χ4n) is 4.21. The molecule has 7 nitrogen and oxygen atoms in total. The van der Waals surface area contributed by atoms with Gasteiger partial charge in [-0.2, -0.15) is 4.90 Å². The lowest BCUT2D eigenvalue weighted by atomic mass is 9.99. The van der Waals surface area contributed by atoms with E-state index in [4.69, 9.17) is 4.74 Å². The van der Waals surface area contributed by atoms with E-state index in [2.05, 4.69) is 4.58 Å². The van der Waals surface area contributed by atoms with Gasteiger partial charge in [0.1, 0.15) is 11.4 Å². The zero-order valence-electron chi connectivity index (χ0n) is 15.9. The number of nitro groups is 1. The number of hydrogen-bond donors (Lipinski definition) is 1. The molecule has 7 heteroatoms. The van der Waals surface area contributed by atoms with Gasteiger partial charge in [0, 0.05) is 24.1 Å². The number of nitrogens with zero attached hydrogens (tertiary/aromatic N) is 3. The van der Waals surface area contributed by atoms with Crippen LogP contribution in [0.5, 0.6) is 5.75 Å². The van der Waals surface area contributed by atoms with Crippen molar-refractivity contribution in [1.29, 1.82) is 0 Å². The summed E-state index contributed by atoms with van der Waals surface area (Å²) in [6.45, 7) is 1.26. The van der Waals surface area contributed by atoms with Crippen molar-refractivity contribution in [2.45, 2.75) is 31.4 Å². The Labute approximate surface area is 163 Å². The topological polar surface area (TPSA) is 78.8 Å². The Hall–Kier alpha value is -2.93. The molecule has 2 aromatic rings. The molecule has 1 N–H and O–H groups in total. The lowest BCUT2D eigenvalue weighted by Crippen LogP contribution is -2.47. The molecule has 4 rings (SSSR count). The lowest BCUT2D eigenvalue weighted by Gasteiger charge is -2.29. The number of rotatable bonds is 4. The first kappa shape index (κ1) is 18.4. The summed E-state index contributed by atoms with van der Waals surface area (Å²) in [5, 5.41) is 23.1. The minimum absolute atomic E-state index is 0.0206. The van der Waals surface area contributed by atoms with E-state index in [-0.39, 0.29) is 5.69 Å². The Morgan fingerprint density at radius 2 is 1.96 bits per heavy atom. The van der Waals surface area contributed by atoms with Gasteiger partial charge in [0.05, 0.1) is 18.6 Å². The minimum Gasteiger partial charge on any atom is -0.497 e. The summed E-state index contributed by atoms with van der Waals surface area (Å²) in [6, 6.07) is 13.9. The van der Waals surface area contributed by atoms with Crippen LogP contribution < -0.4 is 9.64 Å². The Morgan fingerprint density at radius 3 is 2.68 bits per heavy atom. The van der Waals surface area contributed by atoms with Crippen LogP contribution in [0.15, 0.2) is 48.5 Å². The first-order chi connectivity index (χ1) is 13.5. The van der Waals surface area contributed by atoms with E-state index in [9.17, 15) is 15.2 Å². The van der Waals surface area contributed by atoms with Gasteiger partial charge in [-0.05, 0) is 43.5 Å². The predicted octanol–water partition coefficient (Wildman–Crippen LogP) is 3.25. The van der Waals surface area contributed by atoms with Crippen LogP contribution in [0.25, 0.3) is 0 Å². The Kier molecular flexibility index (Phi) is 4.77. The van der Waals surface area contributed by atoms with Crippen molar-refractivity contribution < 1.29 is 19.3 Å². The fraction of sp³-hybridized carbons (Fsp3) is 0.381. The van der Waals surface area contributed by atoms with Crippen molar-refractivity contribution >= 4 is 17.2 Å². The van der Waals surface area contributed by atoms with Crippen molar-refractivity contribution in [3.63, 3.8) is 0 Å². The third-order valence-corrected chi connectivity index (χ3v) is 5.58. The van der Waals surface area contributed by atoms with Gasteiger partial charge in [0.15, 0.2) is 6.54 Å². The highest BCUT2D eigenvalue weighted by Gasteiger charge is 2.54. The fourth-order valence-corrected chi connectivity index (χ4v) is 4.21. The van der Waals surface area contributed by atoms with E-state index in [1.54, 1.807) is 19.2 Å². The Bertz CT molecular complexity index is 926. The molecule has 0 amide bonds. The zero-order chi connectivity index (χ0) is 19.7. The van der Waals surface area contributed by atoms with Crippen LogP contribution in [0.2, 0.25) is 0 Å². The second kappa shape index (κ2) is 7.24. The highest BCUT2D eigenvalue weighted by Crippen LogP contribution is 2.39. The SMILES string of the molecule is COc1ccc(N2C3=[N+](CCCCC3)C[C@@]2(O)c2cccc([N+](=O)[O-])c2)cc1. The third kappa shape index (κ3) is 3.11. The van der Waals surface area contributed by atoms with Crippen LogP contribution in [0.1, 0.15) is 31.2 Å². The summed E-state index contributed by atoms with van der Waals surface area (Å²) in [7, 11) is 1.62. The van der Waals surface area contributed by atoms with Crippen molar-refractivity contribution in [2.24, 2.45) is 0 Å². The van der Waals surface area contributed by atoms with E-state index >= 15 is 0 Å². The standard InChI is InChI=1S/C21H24N3O4/c1-28-19-11-9-17(10-12-19)23-20-8-3-2-4-13-22(20)15-21(23,25)16-6-5-7-18(14-16)24(26)27/h5-7,9-12,14,25H,2-4,8,13,15H2,1H3/q+1/t21-/m1/s1. The molecule has 0 spiro atoms. The molecule has 1 atom stereocenters. The number of non-ortho nitro benzene ring substituents is 1. The third-order valence-electron chi connectivity index (χ3n) is 5.58. The Balaban J connectivity index is 1.83. The first-order valence-electron chi connectivity index (χ1n) is 9.55. The van der Waals surface area contributed by atoms with Gasteiger partial charge in [-0.3, -0.25) is 14.7 Å². The molecule has 0 saturated heterocycles. The number of ether oxygens (including phenoxy) is 1. The van der Waals surface area contributed by atoms with Crippen molar-refractivity contribution in [3.8, 4) is 5.75 Å². The molecule has 0 fully saturated rings. The average Bonchev–Trinajstić information content (AvgIpc) is 2.84. The van der Waals surface area contributed by atoms with Gasteiger partial charge in [-0.15, -0.1) is 0 Å². The molecule has 0 unspecified atom stereocenters. The van der Waals surface area contributed by atoms with Crippen molar-refractivity contribution in [3.05, 3.63) is 64.2 Å². The number of methoxy groups -OCH3 is 1. The van der Waals surface area contributed by atoms with Crippen molar-refractivity contribution in [2.75, 3.05) is 25.1 Å². The maximum Gasteiger partial charge on any atom is 0.275 e. The van der Waals surface area contributed by atoms with Gasteiger partial charge in [0.25, 0.3) is 17.2 Å². The van der Waals surface area contributed by atoms with Gasteiger partial charge in [-0.1, -0.05) is 12.1 Å². The maximum atomic E-state index is 11.8. The Morgan fingerprint density at radius 1 is 1.18 bits per heavy atom. The molecule has 2 aromatic carbocycles. The van der Waals surface area contributed by atoms with Crippen LogP contribution in [-0.2, 0) is 5.72 Å². The molecule has 2 heterocycles. The van der Waals surface area contributed by atoms with Gasteiger partial charge in [0.2, 0.25) is 0 Å². The highest BCUT2D eigenvalue weighted by molar-refractivity contribution is 5.97. The quantitative estimate of drug-likeness (QED) is 0.499. The minimum atomic E-state index is -1.37. The van der Waals surface area contributed by atoms with E-state index in [1.165, 1.54) is 12.1 Å². The van der Waals surface area contributed by atoms with E-state index in [0.29, 0.717) is 12.1 Å². The normalized spacial score (nSPS) is 22.0. The van der Waals surface area contributed by atoms with E-state index < -0.39 is 10.6 Å². The number of anilines is 1. The van der Waals surface area contributed by atoms with Gasteiger partial charge >= 0.3 is 0 Å². The molecule has 28 heavy (non-hydrogen) atoms. The average molecular weight is 382 g/mol. The molecular formula is C21H24N3O4+. The lowest BCUT2D eigenvalue weighted by molar-refractivity contribution is -0.534. The molecular weight excluding hydrogens is 358 g/mol. The smallest absolute Gasteiger partial charge is 0.275 e. The molecule has 0 aliphatic carbocycles. The van der Waals surface area contributed by atoms with E-state index in [1.807, 2.05) is 29.2 Å². The molecule has 0 saturated carbocycles. The van der Waals surface area contributed by atoms with Gasteiger partial charge < -0.3 is 9.84 Å². The van der Waals surface area contributed by atoms with Crippen LogP contribution in [0.4, 0.5) is 11.4 Å². The van der Waals surface area contributed by atoms with Crippen LogP contribution in [0.3, 0.4) is 0 Å². The predicted molar refractivity (Wildman–Crippen MR) is 106 cm³/mol. The van der Waals surface area contributed by atoms with Gasteiger partial charge in [-0.25, -0.2) is 0 Å². The summed E-state index contributed by atoms with van der Waals surface area (Å²) in [4.78, 5) is 12.8. The zero-order valence-corrected chi connectivity index (χ0v) is 15.9. The molecule has 0 aromatic heterocycles. The molecule has 2 aliphatic heterocycles. The first-order valence-corrected chi connectivity index (χ1v) is 9.55. The van der Waals surface area contributed by atoms with Crippen LogP contribution in [0, 0.1) is 10.1 Å². The molecule has 146 valence electrons. The van der Waals surface area contributed by atoms with Crippen LogP contribution in [-0.4, -0.2) is 40.6 Å². The summed E-state index contributed by atoms with van der Waals surface area (Å²) in [5.74, 6) is 1.81. The van der Waals surface area contributed by atoms with E-state index in [0.717, 1.165) is 49.5 Å². The number of amidine groups is 1. The molecule has 0 radical (unpaired) electrons. The number of benzene rings is 2. The number of aliphatic hydroxyl groups is 1. The number of nitro benzene ring substituents is 1. The largest absolute Gasteiger partial charge is 0.497 e. The summed E-state index contributed by atoms with van der Waals surface area (Å²) in [5.41, 5.74) is -0.0206. The van der Waals surface area contributed by atoms with Crippen molar-refractivity contribution in [1.82, 2.24) is 0 Å². The van der Waals surface area contributed by atoms with Crippen LogP contribution >= 0.6 is 0 Å². The molecule has 2 aliphatic rings. The second-order valence-electron chi connectivity index (χ2n) is 7.31. The summed E-state index contributed by atoms with van der Waals surface area (Å²) in [6.07, 6.45) is 4.16. The number of hydrogen-bond acceptors (Lipinski definition) is 5. The maximum absolute atomic E-state index is 11.8. The highest BCUT2D eigenvalue weighted by atomic mass is 16.6. The monoisotopic (exact) mass is 382 g/mol. The molecule has 0 bridgehead atoms. The second-order valence-corrected chi connectivity index (χ2v) is 7.31. The summed E-state index contributed by atoms with van der Waals surface area (Å²) < 4.78 is 7.48. The summed E-state index contributed by atoms with van der Waals surface area (Å²) >= 11 is 0.